The summed E-state index contributed by atoms with van der Waals surface area (Å²) in [6.45, 7) is 4.12. The summed E-state index contributed by atoms with van der Waals surface area (Å²) in [4.78, 5) is 21.7. The zero-order valence-electron chi connectivity index (χ0n) is 20.6. The highest BCUT2D eigenvalue weighted by Gasteiger charge is 2.15. The molecule has 2 aromatic carbocycles. The highest BCUT2D eigenvalue weighted by atomic mass is 79.9. The molecule has 0 atom stereocenters. The molecule has 9 heteroatoms. The van der Waals surface area contributed by atoms with Crippen molar-refractivity contribution in [2.75, 3.05) is 17.7 Å². The van der Waals surface area contributed by atoms with Gasteiger partial charge in [-0.05, 0) is 48.2 Å². The van der Waals surface area contributed by atoms with Crippen molar-refractivity contribution >= 4 is 39.3 Å². The molecule has 0 spiro atoms. The second-order valence-electron chi connectivity index (χ2n) is 8.08. The van der Waals surface area contributed by atoms with Gasteiger partial charge in [-0.15, -0.1) is 0 Å². The molecule has 0 aliphatic carbocycles. The highest BCUT2D eigenvalue weighted by Crippen LogP contribution is 2.31. The molecule has 36 heavy (non-hydrogen) atoms. The summed E-state index contributed by atoms with van der Waals surface area (Å²) in [5.74, 6) is 1.49. The smallest absolute Gasteiger partial charge is 0.417 e. The minimum atomic E-state index is -0.532. The van der Waals surface area contributed by atoms with Crippen LogP contribution in [-0.4, -0.2) is 27.7 Å². The summed E-state index contributed by atoms with van der Waals surface area (Å²) in [7, 11) is 3.48. The third-order valence-corrected chi connectivity index (χ3v) is 6.24. The average molecular weight is 550 g/mol. The Labute approximate surface area is 218 Å². The van der Waals surface area contributed by atoms with Crippen molar-refractivity contribution in [3.63, 3.8) is 0 Å². The van der Waals surface area contributed by atoms with Gasteiger partial charge in [-0.25, -0.2) is 14.8 Å². The minimum absolute atomic E-state index is 0.415. The van der Waals surface area contributed by atoms with Gasteiger partial charge in [0.05, 0.1) is 29.9 Å². The Hall–Kier alpha value is -3.85. The Morgan fingerprint density at radius 3 is 2.53 bits per heavy atom. The largest absolute Gasteiger partial charge is 0.495 e. The Morgan fingerprint density at radius 2 is 1.83 bits per heavy atom. The SMILES string of the molecule is CCc1cccc(CC)c1NC(=O)Oc1cc(-c2ccnc(Nc3ccc(Br)cc3OC)n2)n(C)c1. The minimum Gasteiger partial charge on any atom is -0.495 e. The molecule has 2 aromatic heterocycles. The number of nitrogens with one attached hydrogen (secondary N) is 2. The Balaban J connectivity index is 1.52. The van der Waals surface area contributed by atoms with E-state index in [1.54, 1.807) is 31.6 Å². The number of amides is 1. The molecule has 4 aromatic rings. The molecule has 0 unspecified atom stereocenters. The van der Waals surface area contributed by atoms with Crippen LogP contribution in [0.2, 0.25) is 0 Å². The van der Waals surface area contributed by atoms with Gasteiger partial charge in [-0.1, -0.05) is 48.0 Å². The van der Waals surface area contributed by atoms with Crippen LogP contribution >= 0.6 is 15.9 Å². The lowest BCUT2D eigenvalue weighted by Crippen LogP contribution is -2.18. The van der Waals surface area contributed by atoms with Gasteiger partial charge in [-0.3, -0.25) is 5.32 Å². The third kappa shape index (κ3) is 5.68. The van der Waals surface area contributed by atoms with E-state index in [1.165, 1.54) is 0 Å². The first-order valence-corrected chi connectivity index (χ1v) is 12.4. The van der Waals surface area contributed by atoms with E-state index < -0.39 is 6.09 Å². The van der Waals surface area contributed by atoms with Crippen LogP contribution in [0.25, 0.3) is 11.4 Å². The zero-order chi connectivity index (χ0) is 25.7. The van der Waals surface area contributed by atoms with Gasteiger partial charge in [0.2, 0.25) is 5.95 Å². The number of aryl methyl sites for hydroxylation is 3. The second kappa shape index (κ2) is 11.3. The molecule has 0 fully saturated rings. The van der Waals surface area contributed by atoms with Gasteiger partial charge in [0.25, 0.3) is 0 Å². The highest BCUT2D eigenvalue weighted by molar-refractivity contribution is 9.10. The number of benzene rings is 2. The number of para-hydroxylation sites is 1. The fraction of sp³-hybridized carbons (Fsp3) is 0.222. The zero-order valence-corrected chi connectivity index (χ0v) is 22.2. The fourth-order valence-corrected chi connectivity index (χ4v) is 4.27. The number of aromatic nitrogens is 3. The number of rotatable bonds is 8. The molecule has 0 saturated carbocycles. The molecule has 4 rings (SSSR count). The van der Waals surface area contributed by atoms with E-state index in [0.717, 1.165) is 45.5 Å². The van der Waals surface area contributed by atoms with E-state index in [2.05, 4.69) is 50.4 Å². The van der Waals surface area contributed by atoms with E-state index in [4.69, 9.17) is 9.47 Å². The van der Waals surface area contributed by atoms with Crippen molar-refractivity contribution in [2.45, 2.75) is 26.7 Å². The Bertz CT molecular complexity index is 1360. The Morgan fingerprint density at radius 1 is 1.08 bits per heavy atom. The van der Waals surface area contributed by atoms with Crippen molar-refractivity contribution in [3.05, 3.63) is 76.5 Å². The summed E-state index contributed by atoms with van der Waals surface area (Å²) in [6, 6.07) is 15.3. The van der Waals surface area contributed by atoms with E-state index >= 15 is 0 Å². The lowest BCUT2D eigenvalue weighted by atomic mass is 10.0. The maximum absolute atomic E-state index is 12.7. The molecule has 0 saturated heterocycles. The summed E-state index contributed by atoms with van der Waals surface area (Å²) in [5, 5.41) is 6.12. The lowest BCUT2D eigenvalue weighted by molar-refractivity contribution is 0.215. The first-order chi connectivity index (χ1) is 17.4. The van der Waals surface area contributed by atoms with Gasteiger partial charge in [0.15, 0.2) is 5.75 Å². The van der Waals surface area contributed by atoms with E-state index in [1.807, 2.05) is 48.0 Å². The summed E-state index contributed by atoms with van der Waals surface area (Å²) in [6.07, 6.45) is 4.51. The van der Waals surface area contributed by atoms with Crippen LogP contribution in [0.5, 0.6) is 11.5 Å². The summed E-state index contributed by atoms with van der Waals surface area (Å²) >= 11 is 3.44. The molecule has 0 bridgehead atoms. The molecule has 1 amide bonds. The van der Waals surface area contributed by atoms with Gasteiger partial charge in [0, 0.05) is 30.0 Å². The topological polar surface area (TPSA) is 90.3 Å². The normalized spacial score (nSPS) is 10.7. The van der Waals surface area contributed by atoms with Crippen LogP contribution in [-0.2, 0) is 19.9 Å². The second-order valence-corrected chi connectivity index (χ2v) is 9.00. The molecule has 2 N–H and O–H groups in total. The number of anilines is 3. The van der Waals surface area contributed by atoms with Crippen LogP contribution in [0, 0.1) is 0 Å². The molecular weight excluding hydrogens is 522 g/mol. The number of methoxy groups -OCH3 is 1. The van der Waals surface area contributed by atoms with E-state index in [9.17, 15) is 4.79 Å². The first-order valence-electron chi connectivity index (χ1n) is 11.6. The van der Waals surface area contributed by atoms with Crippen LogP contribution in [0.1, 0.15) is 25.0 Å². The maximum atomic E-state index is 12.7. The number of ether oxygens (including phenoxy) is 2. The molecular formula is C27H28BrN5O3. The molecule has 8 nitrogen and oxygen atoms in total. The Kier molecular flexibility index (Phi) is 7.90. The van der Waals surface area contributed by atoms with Crippen LogP contribution in [0.3, 0.4) is 0 Å². The van der Waals surface area contributed by atoms with Crippen molar-refractivity contribution in [2.24, 2.45) is 7.05 Å². The summed E-state index contributed by atoms with van der Waals surface area (Å²) < 4.78 is 13.8. The van der Waals surface area contributed by atoms with Gasteiger partial charge in [-0.2, -0.15) is 0 Å². The van der Waals surface area contributed by atoms with Crippen molar-refractivity contribution < 1.29 is 14.3 Å². The number of carbonyl (C=O) groups is 1. The monoisotopic (exact) mass is 549 g/mol. The van der Waals surface area contributed by atoms with Gasteiger partial charge < -0.3 is 19.4 Å². The standard InChI is InChI=1S/C27H28BrN5O3/c1-5-17-8-7-9-18(6-2)25(17)32-27(34)36-20-15-23(33(3)16-20)21-12-13-29-26(30-21)31-22-11-10-19(28)14-24(22)35-4/h7-16H,5-6H2,1-4H3,(H,32,34)(H,29,30,31). The molecule has 0 aliphatic rings. The van der Waals surface area contributed by atoms with Crippen molar-refractivity contribution in [1.29, 1.82) is 0 Å². The van der Waals surface area contributed by atoms with E-state index in [0.29, 0.717) is 23.1 Å². The molecule has 0 radical (unpaired) electrons. The quantitative estimate of drug-likeness (QED) is 0.253. The number of carbonyl (C=O) groups excluding carboxylic acids is 1. The average Bonchev–Trinajstić information content (AvgIpc) is 3.24. The first kappa shape index (κ1) is 25.2. The van der Waals surface area contributed by atoms with Crippen LogP contribution < -0.4 is 20.1 Å². The number of hydrogen-bond acceptors (Lipinski definition) is 6. The third-order valence-electron chi connectivity index (χ3n) is 5.74. The number of halogens is 1. The van der Waals surface area contributed by atoms with Crippen molar-refractivity contribution in [3.8, 4) is 22.9 Å². The van der Waals surface area contributed by atoms with Gasteiger partial charge >= 0.3 is 6.09 Å². The fourth-order valence-electron chi connectivity index (χ4n) is 3.93. The predicted molar refractivity (Wildman–Crippen MR) is 145 cm³/mol. The molecule has 0 aliphatic heterocycles. The van der Waals surface area contributed by atoms with Gasteiger partial charge in [0.1, 0.15) is 5.75 Å². The molecule has 186 valence electrons. The van der Waals surface area contributed by atoms with Crippen molar-refractivity contribution in [1.82, 2.24) is 14.5 Å². The van der Waals surface area contributed by atoms with Crippen LogP contribution in [0.4, 0.5) is 22.1 Å². The van der Waals surface area contributed by atoms with E-state index in [-0.39, 0.29) is 0 Å². The van der Waals surface area contributed by atoms with Crippen LogP contribution in [0.15, 0.2) is 65.4 Å². The maximum Gasteiger partial charge on any atom is 0.417 e. The number of nitrogens with zero attached hydrogens (tertiary/aromatic N) is 3. The molecule has 2 heterocycles. The number of hydrogen-bond donors (Lipinski definition) is 2. The predicted octanol–water partition coefficient (Wildman–Crippen LogP) is 6.73. The lowest BCUT2D eigenvalue weighted by Gasteiger charge is -2.13. The summed E-state index contributed by atoms with van der Waals surface area (Å²) in [5.41, 5.74) is 5.15.